The van der Waals surface area contributed by atoms with Crippen molar-refractivity contribution in [2.24, 2.45) is 0 Å². The molecular formula is C13H24OSi. The molecule has 0 saturated carbocycles. The minimum atomic E-state index is -1.22. The Balaban J connectivity index is 2.69. The number of ether oxygens (including phenoxy) is 1. The SMILES string of the molecule is C=C[C@@H]1O[C@@H](CCCC)C=C1[Si](C)(C)C. The zero-order chi connectivity index (χ0) is 11.5. The van der Waals surface area contributed by atoms with E-state index in [9.17, 15) is 0 Å². The van der Waals surface area contributed by atoms with E-state index < -0.39 is 8.07 Å². The molecule has 2 heteroatoms. The third-order valence-corrected chi connectivity index (χ3v) is 5.10. The van der Waals surface area contributed by atoms with Crippen LogP contribution in [0.15, 0.2) is 23.9 Å². The summed E-state index contributed by atoms with van der Waals surface area (Å²) in [6.07, 6.45) is 8.52. The molecule has 0 aromatic rings. The third kappa shape index (κ3) is 3.32. The quantitative estimate of drug-likeness (QED) is 0.508. The lowest BCUT2D eigenvalue weighted by molar-refractivity contribution is 0.0785. The molecule has 0 N–H and O–H groups in total. The highest BCUT2D eigenvalue weighted by atomic mass is 28.3. The van der Waals surface area contributed by atoms with E-state index in [1.807, 2.05) is 6.08 Å². The Morgan fingerprint density at radius 2 is 2.13 bits per heavy atom. The fourth-order valence-corrected chi connectivity index (χ4v) is 3.74. The van der Waals surface area contributed by atoms with Crippen molar-refractivity contribution in [3.63, 3.8) is 0 Å². The second-order valence-electron chi connectivity index (χ2n) is 5.35. The lowest BCUT2D eigenvalue weighted by atomic mass is 10.2. The molecule has 86 valence electrons. The van der Waals surface area contributed by atoms with Crippen LogP contribution >= 0.6 is 0 Å². The van der Waals surface area contributed by atoms with Crippen LogP contribution in [0.4, 0.5) is 0 Å². The first-order valence-electron chi connectivity index (χ1n) is 5.99. The van der Waals surface area contributed by atoms with Crippen molar-refractivity contribution < 1.29 is 4.74 Å². The maximum absolute atomic E-state index is 5.98. The van der Waals surface area contributed by atoms with Gasteiger partial charge in [-0.25, -0.2) is 0 Å². The van der Waals surface area contributed by atoms with Crippen molar-refractivity contribution in [1.29, 1.82) is 0 Å². The van der Waals surface area contributed by atoms with Gasteiger partial charge in [0.2, 0.25) is 0 Å². The van der Waals surface area contributed by atoms with Crippen LogP contribution in [0, 0.1) is 0 Å². The maximum atomic E-state index is 5.98. The molecule has 0 bridgehead atoms. The zero-order valence-electron chi connectivity index (χ0n) is 10.5. The van der Waals surface area contributed by atoms with Crippen LogP contribution < -0.4 is 0 Å². The topological polar surface area (TPSA) is 9.23 Å². The summed E-state index contributed by atoms with van der Waals surface area (Å²) < 4.78 is 5.98. The van der Waals surface area contributed by atoms with Crippen molar-refractivity contribution >= 4 is 8.07 Å². The number of unbranched alkanes of at least 4 members (excludes halogenated alkanes) is 1. The molecule has 0 spiro atoms. The summed E-state index contributed by atoms with van der Waals surface area (Å²) in [6.45, 7) is 13.2. The number of hydrogen-bond acceptors (Lipinski definition) is 1. The molecule has 1 aliphatic rings. The molecule has 1 nitrogen and oxygen atoms in total. The van der Waals surface area contributed by atoms with Crippen LogP contribution in [0.1, 0.15) is 26.2 Å². The number of rotatable bonds is 5. The molecule has 0 saturated heterocycles. The van der Waals surface area contributed by atoms with Crippen molar-refractivity contribution in [3.05, 3.63) is 23.9 Å². The summed E-state index contributed by atoms with van der Waals surface area (Å²) in [5.41, 5.74) is 0. The van der Waals surface area contributed by atoms with Gasteiger partial charge in [-0.3, -0.25) is 0 Å². The van der Waals surface area contributed by atoms with Crippen LogP contribution in [0.3, 0.4) is 0 Å². The average molecular weight is 224 g/mol. The highest BCUT2D eigenvalue weighted by Gasteiger charge is 2.32. The molecule has 0 aromatic heterocycles. The third-order valence-electron chi connectivity index (χ3n) is 2.92. The van der Waals surface area contributed by atoms with E-state index in [0.29, 0.717) is 6.10 Å². The smallest absolute Gasteiger partial charge is 0.0938 e. The van der Waals surface area contributed by atoms with Gasteiger partial charge in [-0.2, -0.15) is 0 Å². The minimum Gasteiger partial charge on any atom is -0.363 e. The Kier molecular flexibility index (Phi) is 4.35. The van der Waals surface area contributed by atoms with Crippen LogP contribution in [0.5, 0.6) is 0 Å². The van der Waals surface area contributed by atoms with Gasteiger partial charge in [0.15, 0.2) is 0 Å². The Labute approximate surface area is 95.2 Å². The highest BCUT2D eigenvalue weighted by molar-refractivity contribution is 6.83. The van der Waals surface area contributed by atoms with E-state index >= 15 is 0 Å². The van der Waals surface area contributed by atoms with Gasteiger partial charge in [0.1, 0.15) is 0 Å². The molecule has 0 aromatic carbocycles. The summed E-state index contributed by atoms with van der Waals surface area (Å²) in [5.74, 6) is 0. The van der Waals surface area contributed by atoms with Crippen molar-refractivity contribution in [3.8, 4) is 0 Å². The molecule has 1 rings (SSSR count). The van der Waals surface area contributed by atoms with E-state index in [2.05, 4.69) is 39.2 Å². The molecule has 15 heavy (non-hydrogen) atoms. The summed E-state index contributed by atoms with van der Waals surface area (Å²) in [7, 11) is -1.22. The Hall–Kier alpha value is -0.343. The molecule has 0 radical (unpaired) electrons. The molecule has 2 atom stereocenters. The summed E-state index contributed by atoms with van der Waals surface area (Å²) in [6, 6.07) is 0. The first-order valence-corrected chi connectivity index (χ1v) is 9.49. The van der Waals surface area contributed by atoms with Crippen LogP contribution in [-0.2, 0) is 4.74 Å². The molecule has 0 unspecified atom stereocenters. The fraction of sp³-hybridized carbons (Fsp3) is 0.692. The van der Waals surface area contributed by atoms with Crippen LogP contribution in [0.2, 0.25) is 19.6 Å². The first-order chi connectivity index (χ1) is 6.99. The maximum Gasteiger partial charge on any atom is 0.0938 e. The van der Waals surface area contributed by atoms with Crippen molar-refractivity contribution in [2.45, 2.75) is 58.0 Å². The van der Waals surface area contributed by atoms with Gasteiger partial charge in [0.05, 0.1) is 20.3 Å². The van der Waals surface area contributed by atoms with E-state index in [1.165, 1.54) is 18.0 Å². The van der Waals surface area contributed by atoms with Gasteiger partial charge in [-0.05, 0) is 6.42 Å². The Morgan fingerprint density at radius 3 is 2.53 bits per heavy atom. The lowest BCUT2D eigenvalue weighted by Crippen LogP contribution is -2.29. The predicted molar refractivity (Wildman–Crippen MR) is 69.8 cm³/mol. The summed E-state index contributed by atoms with van der Waals surface area (Å²) >= 11 is 0. The van der Waals surface area contributed by atoms with E-state index in [-0.39, 0.29) is 6.10 Å². The van der Waals surface area contributed by atoms with Gasteiger partial charge >= 0.3 is 0 Å². The summed E-state index contributed by atoms with van der Waals surface area (Å²) in [5, 5.41) is 1.53. The fourth-order valence-electron chi connectivity index (χ4n) is 2.01. The van der Waals surface area contributed by atoms with Gasteiger partial charge in [-0.15, -0.1) is 6.58 Å². The van der Waals surface area contributed by atoms with Crippen LogP contribution in [-0.4, -0.2) is 20.3 Å². The van der Waals surface area contributed by atoms with E-state index in [1.54, 1.807) is 0 Å². The minimum absolute atomic E-state index is 0.193. The second kappa shape index (κ2) is 5.13. The number of hydrogen-bond donors (Lipinski definition) is 0. The Bertz CT molecular complexity index is 250. The van der Waals surface area contributed by atoms with Crippen LogP contribution in [0.25, 0.3) is 0 Å². The average Bonchev–Trinajstić information content (AvgIpc) is 2.57. The largest absolute Gasteiger partial charge is 0.363 e. The van der Waals surface area contributed by atoms with E-state index in [0.717, 1.165) is 6.42 Å². The van der Waals surface area contributed by atoms with Gasteiger partial charge in [0.25, 0.3) is 0 Å². The molecule has 1 aliphatic heterocycles. The highest BCUT2D eigenvalue weighted by Crippen LogP contribution is 2.30. The first kappa shape index (κ1) is 12.7. The van der Waals surface area contributed by atoms with Crippen molar-refractivity contribution in [2.75, 3.05) is 0 Å². The normalized spacial score (nSPS) is 26.5. The monoisotopic (exact) mass is 224 g/mol. The summed E-state index contributed by atoms with van der Waals surface area (Å²) in [4.78, 5) is 0. The molecule has 0 fully saturated rings. The standard InChI is InChI=1S/C13H24OSi/c1-6-8-9-11-10-13(15(3,4)5)12(7-2)14-11/h7,10-12H,2,6,8-9H2,1,3-5H3/t11-,12-/m0/s1. The van der Waals surface area contributed by atoms with Gasteiger partial charge in [0, 0.05) is 0 Å². The zero-order valence-corrected chi connectivity index (χ0v) is 11.5. The van der Waals surface area contributed by atoms with Crippen molar-refractivity contribution in [1.82, 2.24) is 0 Å². The Morgan fingerprint density at radius 1 is 1.47 bits per heavy atom. The van der Waals surface area contributed by atoms with Gasteiger partial charge < -0.3 is 4.74 Å². The molecule has 0 aliphatic carbocycles. The van der Waals surface area contributed by atoms with Gasteiger partial charge in [-0.1, -0.05) is 56.8 Å². The molecular weight excluding hydrogens is 200 g/mol. The molecule has 1 heterocycles. The predicted octanol–water partition coefficient (Wildman–Crippen LogP) is 3.93. The molecule has 0 amide bonds. The lowest BCUT2D eigenvalue weighted by Gasteiger charge is -2.22. The second-order valence-corrected chi connectivity index (χ2v) is 10.4. The van der Waals surface area contributed by atoms with E-state index in [4.69, 9.17) is 4.74 Å².